The highest BCUT2D eigenvalue weighted by Crippen LogP contribution is 2.56. The average molecular weight is 515 g/mol. The molecule has 1 amide bonds. The molecule has 38 heavy (non-hydrogen) atoms. The van der Waals surface area contributed by atoms with Crippen molar-refractivity contribution >= 4 is 23.6 Å². The van der Waals surface area contributed by atoms with E-state index in [4.69, 9.17) is 9.47 Å². The number of anilines is 1. The van der Waals surface area contributed by atoms with Crippen molar-refractivity contribution in [3.8, 4) is 0 Å². The van der Waals surface area contributed by atoms with Gasteiger partial charge in [0, 0.05) is 36.8 Å². The van der Waals surface area contributed by atoms with Gasteiger partial charge in [-0.3, -0.25) is 4.79 Å². The lowest BCUT2D eigenvalue weighted by Crippen LogP contribution is -2.49. The monoisotopic (exact) mass is 514 g/mol. The third kappa shape index (κ3) is 4.43. The van der Waals surface area contributed by atoms with Crippen LogP contribution >= 0.6 is 0 Å². The van der Waals surface area contributed by atoms with Gasteiger partial charge in [-0.15, -0.1) is 0 Å². The maximum absolute atomic E-state index is 14.0. The molecule has 0 N–H and O–H groups in total. The van der Waals surface area contributed by atoms with Gasteiger partial charge in [0.25, 0.3) is 5.91 Å². The minimum Gasteiger partial charge on any atom is -0.465 e. The van der Waals surface area contributed by atoms with Gasteiger partial charge in [0.2, 0.25) is 0 Å². The van der Waals surface area contributed by atoms with Crippen molar-refractivity contribution in [1.29, 1.82) is 0 Å². The molecule has 6 rings (SSSR count). The second-order valence-corrected chi connectivity index (χ2v) is 11.5. The molecule has 2 aromatic rings. The van der Waals surface area contributed by atoms with Crippen LogP contribution in [0.2, 0.25) is 0 Å². The Morgan fingerprint density at radius 2 is 1.68 bits per heavy atom. The number of morpholine rings is 1. The molecule has 3 heterocycles. The summed E-state index contributed by atoms with van der Waals surface area (Å²) in [6.45, 7) is 5.77. The maximum Gasteiger partial charge on any atom is 0.337 e. The van der Waals surface area contributed by atoms with Gasteiger partial charge < -0.3 is 19.3 Å². The van der Waals surface area contributed by atoms with Crippen LogP contribution in [-0.2, 0) is 14.3 Å². The molecule has 1 aliphatic carbocycles. The summed E-state index contributed by atoms with van der Waals surface area (Å²) in [5, 5.41) is 0. The molecule has 2 unspecified atom stereocenters. The Morgan fingerprint density at radius 3 is 2.42 bits per heavy atom. The molecule has 0 bridgehead atoms. The second-order valence-electron chi connectivity index (χ2n) is 11.5. The van der Waals surface area contributed by atoms with E-state index in [0.717, 1.165) is 16.8 Å². The van der Waals surface area contributed by atoms with Gasteiger partial charge >= 0.3 is 5.97 Å². The predicted molar refractivity (Wildman–Crippen MR) is 148 cm³/mol. The van der Waals surface area contributed by atoms with E-state index in [9.17, 15) is 9.59 Å². The van der Waals surface area contributed by atoms with Crippen molar-refractivity contribution < 1.29 is 19.1 Å². The van der Waals surface area contributed by atoms with Gasteiger partial charge in [-0.25, -0.2) is 4.79 Å². The lowest BCUT2D eigenvalue weighted by molar-refractivity contribution is -0.139. The zero-order valence-corrected chi connectivity index (χ0v) is 22.7. The Labute approximate surface area is 225 Å². The molecule has 200 valence electrons. The van der Waals surface area contributed by atoms with Crippen LogP contribution in [0.3, 0.4) is 0 Å². The summed E-state index contributed by atoms with van der Waals surface area (Å²) >= 11 is 0. The normalized spacial score (nSPS) is 27.1. The number of amides is 1. The fourth-order valence-electron chi connectivity index (χ4n) is 7.39. The van der Waals surface area contributed by atoms with Crippen molar-refractivity contribution in [2.75, 3.05) is 31.6 Å². The molecular formula is C32H38N2O4. The summed E-state index contributed by atoms with van der Waals surface area (Å²) in [5.74, 6) is 0.648. The summed E-state index contributed by atoms with van der Waals surface area (Å²) in [4.78, 5) is 30.9. The zero-order valence-electron chi connectivity index (χ0n) is 22.7. The minimum atomic E-state index is -0.330. The molecule has 6 nitrogen and oxygen atoms in total. The zero-order chi connectivity index (χ0) is 26.4. The molecule has 4 atom stereocenters. The van der Waals surface area contributed by atoms with Gasteiger partial charge in [-0.05, 0) is 67.5 Å². The Morgan fingerprint density at radius 1 is 0.947 bits per heavy atom. The molecular weight excluding hydrogens is 476 g/mol. The molecule has 6 heteroatoms. The fourth-order valence-corrected chi connectivity index (χ4v) is 7.39. The number of hydrogen-bond acceptors (Lipinski definition) is 5. The first kappa shape index (κ1) is 25.2. The van der Waals surface area contributed by atoms with Crippen molar-refractivity contribution in [3.05, 3.63) is 70.3 Å². The standard InChI is InChI=1S/C32H38N2O4/c1-20-17-33(18-21(2)38-20)31(35)25-15-23-11-7-8-12-26(23)30-29(22-9-5-4-6-10-22)27-14-13-24(32(36)37-3)16-28(27)34(30)19-25/h7-8,11-16,20-22,29-30H,4-6,9-10,17-19H2,1-3H3/t20-,21+,29?,30?. The van der Waals surface area contributed by atoms with Crippen LogP contribution < -0.4 is 4.90 Å². The number of esters is 1. The highest BCUT2D eigenvalue weighted by atomic mass is 16.5. The molecule has 1 saturated heterocycles. The van der Waals surface area contributed by atoms with Gasteiger partial charge in [-0.1, -0.05) is 49.6 Å². The van der Waals surface area contributed by atoms with Crippen LogP contribution in [0.1, 0.15) is 85.0 Å². The first-order valence-electron chi connectivity index (χ1n) is 14.2. The summed E-state index contributed by atoms with van der Waals surface area (Å²) in [7, 11) is 1.43. The van der Waals surface area contributed by atoms with E-state index in [2.05, 4.69) is 41.3 Å². The number of hydrogen-bond donors (Lipinski definition) is 0. The second kappa shape index (κ2) is 10.2. The number of methoxy groups -OCH3 is 1. The quantitative estimate of drug-likeness (QED) is 0.490. The van der Waals surface area contributed by atoms with E-state index in [0.29, 0.717) is 37.0 Å². The Balaban J connectivity index is 1.46. The molecule has 0 spiro atoms. The van der Waals surface area contributed by atoms with Crippen LogP contribution in [0.25, 0.3) is 6.08 Å². The summed E-state index contributed by atoms with van der Waals surface area (Å²) in [6.07, 6.45) is 8.42. The lowest BCUT2D eigenvalue weighted by Gasteiger charge is -2.37. The summed E-state index contributed by atoms with van der Waals surface area (Å²) in [6, 6.07) is 14.7. The van der Waals surface area contributed by atoms with Crippen molar-refractivity contribution in [2.24, 2.45) is 5.92 Å². The Bertz CT molecular complexity index is 1250. The molecule has 0 radical (unpaired) electrons. The molecule has 0 aromatic heterocycles. The summed E-state index contributed by atoms with van der Waals surface area (Å²) < 4.78 is 11.0. The van der Waals surface area contributed by atoms with Gasteiger partial charge in [-0.2, -0.15) is 0 Å². The van der Waals surface area contributed by atoms with Gasteiger partial charge in [0.15, 0.2) is 0 Å². The highest BCUT2D eigenvalue weighted by molar-refractivity contribution is 6.00. The topological polar surface area (TPSA) is 59.1 Å². The SMILES string of the molecule is COC(=O)c1ccc2c(c1)N1CC(C(=O)N3C[C@@H](C)O[C@@H](C)C3)=Cc3ccccc3C1C2C1CCCCC1. The Kier molecular flexibility index (Phi) is 6.77. The van der Waals surface area contributed by atoms with E-state index in [-0.39, 0.29) is 30.1 Å². The minimum absolute atomic E-state index is 0.0138. The van der Waals surface area contributed by atoms with Crippen molar-refractivity contribution in [2.45, 2.75) is 70.1 Å². The largest absolute Gasteiger partial charge is 0.465 e. The number of carbonyl (C=O) groups excluding carboxylic acids is 2. The number of nitrogens with zero attached hydrogens (tertiary/aromatic N) is 2. The molecule has 1 saturated carbocycles. The predicted octanol–water partition coefficient (Wildman–Crippen LogP) is 5.73. The third-order valence-electron chi connectivity index (χ3n) is 8.92. The van der Waals surface area contributed by atoms with Crippen molar-refractivity contribution in [1.82, 2.24) is 4.90 Å². The van der Waals surface area contributed by atoms with Crippen LogP contribution in [0.5, 0.6) is 0 Å². The highest BCUT2D eigenvalue weighted by Gasteiger charge is 2.46. The molecule has 4 aliphatic rings. The fraction of sp³-hybridized carbons (Fsp3) is 0.500. The Hall–Kier alpha value is -3.12. The summed E-state index contributed by atoms with van der Waals surface area (Å²) in [5.41, 5.74) is 6.10. The first-order valence-corrected chi connectivity index (χ1v) is 14.2. The number of ether oxygens (including phenoxy) is 2. The molecule has 3 aliphatic heterocycles. The first-order chi connectivity index (χ1) is 18.4. The number of benzene rings is 2. The van der Waals surface area contributed by atoms with Crippen LogP contribution in [0.4, 0.5) is 5.69 Å². The number of rotatable bonds is 3. The smallest absolute Gasteiger partial charge is 0.337 e. The van der Waals surface area contributed by atoms with E-state index < -0.39 is 0 Å². The lowest BCUT2D eigenvalue weighted by atomic mass is 9.73. The average Bonchev–Trinajstić information content (AvgIpc) is 3.14. The maximum atomic E-state index is 14.0. The van der Waals surface area contributed by atoms with Crippen LogP contribution in [0, 0.1) is 5.92 Å². The van der Waals surface area contributed by atoms with Crippen LogP contribution in [0.15, 0.2) is 48.0 Å². The number of fused-ring (bicyclic) bond motifs is 5. The van der Waals surface area contributed by atoms with E-state index in [1.807, 2.05) is 30.9 Å². The molecule has 2 aromatic carbocycles. The van der Waals surface area contributed by atoms with E-state index in [1.54, 1.807) is 0 Å². The van der Waals surface area contributed by atoms with E-state index in [1.165, 1.54) is 50.3 Å². The van der Waals surface area contributed by atoms with Crippen LogP contribution in [-0.4, -0.2) is 55.7 Å². The molecule has 2 fully saturated rings. The van der Waals surface area contributed by atoms with E-state index >= 15 is 0 Å². The third-order valence-corrected chi connectivity index (χ3v) is 8.92. The number of carbonyl (C=O) groups is 2. The van der Waals surface area contributed by atoms with Gasteiger partial charge in [0.05, 0.1) is 30.9 Å². The van der Waals surface area contributed by atoms with Gasteiger partial charge in [0.1, 0.15) is 0 Å². The van der Waals surface area contributed by atoms with Crippen molar-refractivity contribution in [3.63, 3.8) is 0 Å².